The largest absolute Gasteiger partial charge is 0.399 e. The molecule has 0 bridgehead atoms. The van der Waals surface area contributed by atoms with Crippen molar-refractivity contribution in [2.45, 2.75) is 18.9 Å². The average Bonchev–Trinajstić information content (AvgIpc) is 2.36. The molecule has 0 amide bonds. The first-order chi connectivity index (χ1) is 8.62. The fourth-order valence-corrected chi connectivity index (χ4v) is 1.42. The van der Waals surface area contributed by atoms with E-state index in [1.807, 2.05) is 0 Å². The quantitative estimate of drug-likeness (QED) is 0.293. The van der Waals surface area contributed by atoms with Crippen molar-refractivity contribution in [3.8, 4) is 0 Å². The maximum atomic E-state index is 10.9. The number of nitrogens with two attached hydrogens (primary N) is 1. The van der Waals surface area contributed by atoms with Crippen LogP contribution in [0.3, 0.4) is 0 Å². The second-order valence-electron chi connectivity index (χ2n) is 3.39. The molecule has 100 valence electrons. The van der Waals surface area contributed by atoms with E-state index in [-0.39, 0.29) is 18.0 Å². The Hall–Kier alpha value is -1.95. The molecule has 2 N–H and O–H groups in total. The molecule has 0 heterocycles. The molecule has 1 unspecified atom stereocenters. The van der Waals surface area contributed by atoms with E-state index in [2.05, 4.69) is 18.2 Å². The normalized spacial score (nSPS) is 14.1. The van der Waals surface area contributed by atoms with Gasteiger partial charge in [-0.25, -0.2) is 0 Å². The van der Waals surface area contributed by atoms with Crippen molar-refractivity contribution >= 4 is 5.71 Å². The molecule has 6 heteroatoms. The van der Waals surface area contributed by atoms with Gasteiger partial charge >= 0.3 is 5.70 Å². The minimum absolute atomic E-state index is 0.228. The molecule has 0 aromatic heterocycles. The summed E-state index contributed by atoms with van der Waals surface area (Å²) < 4.78 is 5.48. The van der Waals surface area contributed by atoms with Crippen LogP contribution in [0.2, 0.25) is 0 Å². The Morgan fingerprint density at radius 1 is 1.56 bits per heavy atom. The lowest BCUT2D eigenvalue weighted by Crippen LogP contribution is -2.29. The zero-order chi connectivity index (χ0) is 14.0. The van der Waals surface area contributed by atoms with Crippen molar-refractivity contribution < 1.29 is 9.66 Å². The highest BCUT2D eigenvalue weighted by Crippen LogP contribution is 2.12. The number of nitro groups is 1. The second-order valence-corrected chi connectivity index (χ2v) is 3.39. The highest BCUT2D eigenvalue weighted by atomic mass is 16.6. The summed E-state index contributed by atoms with van der Waals surface area (Å²) in [6.45, 7) is 7.44. The van der Waals surface area contributed by atoms with Crippen LogP contribution in [0.5, 0.6) is 0 Å². The molecule has 0 aromatic rings. The smallest absolute Gasteiger partial charge is 0.308 e. The van der Waals surface area contributed by atoms with E-state index < -0.39 is 11.0 Å². The molecular formula is C12H19N3O3. The van der Waals surface area contributed by atoms with Crippen LogP contribution in [0.15, 0.2) is 42.2 Å². The molecule has 0 saturated carbocycles. The first kappa shape index (κ1) is 16.1. The van der Waals surface area contributed by atoms with Crippen LogP contribution in [0.25, 0.3) is 0 Å². The number of rotatable bonds is 9. The molecule has 18 heavy (non-hydrogen) atoms. The molecule has 0 aliphatic heterocycles. The maximum Gasteiger partial charge on any atom is 0.308 e. The number of nitrogens with zero attached hydrogens (tertiary/aromatic N) is 2. The number of allylic oxidation sites excluding steroid dienone is 1. The summed E-state index contributed by atoms with van der Waals surface area (Å²) in [6, 6.07) is 0. The first-order valence-corrected chi connectivity index (χ1v) is 5.49. The molecule has 6 nitrogen and oxygen atoms in total. The lowest BCUT2D eigenvalue weighted by atomic mass is 10.1. The lowest BCUT2D eigenvalue weighted by Gasteiger charge is -2.16. The van der Waals surface area contributed by atoms with E-state index in [0.717, 1.165) is 6.20 Å². The van der Waals surface area contributed by atoms with Gasteiger partial charge in [0, 0.05) is 7.05 Å². The van der Waals surface area contributed by atoms with Gasteiger partial charge in [-0.15, -0.1) is 13.2 Å². The number of hydrogen-bond acceptors (Lipinski definition) is 5. The Bertz CT molecular complexity index is 350. The van der Waals surface area contributed by atoms with Gasteiger partial charge in [0.1, 0.15) is 11.8 Å². The Balaban J connectivity index is 5.06. The molecule has 0 spiro atoms. The Morgan fingerprint density at radius 3 is 2.61 bits per heavy atom. The highest BCUT2D eigenvalue weighted by molar-refractivity contribution is 6.01. The Morgan fingerprint density at radius 2 is 2.22 bits per heavy atom. The van der Waals surface area contributed by atoms with Crippen molar-refractivity contribution in [1.82, 2.24) is 0 Å². The lowest BCUT2D eigenvalue weighted by molar-refractivity contribution is -0.415. The van der Waals surface area contributed by atoms with Gasteiger partial charge in [0.25, 0.3) is 0 Å². The van der Waals surface area contributed by atoms with E-state index in [0.29, 0.717) is 12.8 Å². The molecule has 0 rings (SSSR count). The first-order valence-electron chi connectivity index (χ1n) is 5.49. The van der Waals surface area contributed by atoms with Crippen LogP contribution in [-0.2, 0) is 4.74 Å². The topological polar surface area (TPSA) is 90.8 Å². The Labute approximate surface area is 107 Å². The molecule has 0 aromatic carbocycles. The molecular weight excluding hydrogens is 234 g/mol. The zero-order valence-electron chi connectivity index (χ0n) is 10.5. The molecule has 0 saturated heterocycles. The van der Waals surface area contributed by atoms with Crippen molar-refractivity contribution in [2.24, 2.45) is 10.7 Å². The monoisotopic (exact) mass is 253 g/mol. The van der Waals surface area contributed by atoms with Gasteiger partial charge in [-0.2, -0.15) is 0 Å². The van der Waals surface area contributed by atoms with Crippen LogP contribution in [0.1, 0.15) is 12.8 Å². The SMILES string of the molecule is C=CCCC(OCC=C)C(=NC)C(=CN)[N+](=O)[O-]. The predicted octanol–water partition coefficient (Wildman–Crippen LogP) is 1.67. The van der Waals surface area contributed by atoms with E-state index in [1.54, 1.807) is 12.2 Å². The van der Waals surface area contributed by atoms with Gasteiger partial charge in [0.05, 0.1) is 17.7 Å². The summed E-state index contributed by atoms with van der Waals surface area (Å²) in [5, 5.41) is 10.9. The Kier molecular flexibility index (Phi) is 8.13. The van der Waals surface area contributed by atoms with E-state index in [9.17, 15) is 10.1 Å². The minimum Gasteiger partial charge on any atom is -0.399 e. The molecule has 0 aliphatic carbocycles. The van der Waals surface area contributed by atoms with Crippen molar-refractivity contribution in [3.63, 3.8) is 0 Å². The van der Waals surface area contributed by atoms with Gasteiger partial charge in [-0.05, 0) is 12.8 Å². The highest BCUT2D eigenvalue weighted by Gasteiger charge is 2.27. The summed E-state index contributed by atoms with van der Waals surface area (Å²) in [6.07, 6.45) is 4.94. The van der Waals surface area contributed by atoms with Gasteiger partial charge in [-0.1, -0.05) is 12.2 Å². The van der Waals surface area contributed by atoms with E-state index in [1.165, 1.54) is 7.05 Å². The average molecular weight is 253 g/mol. The number of hydrogen-bond donors (Lipinski definition) is 1. The number of ether oxygens (including phenoxy) is 1. The van der Waals surface area contributed by atoms with Gasteiger partial charge < -0.3 is 10.5 Å². The molecule has 0 radical (unpaired) electrons. The summed E-state index contributed by atoms with van der Waals surface area (Å²) in [5.74, 6) is 0. The minimum atomic E-state index is -0.569. The van der Waals surface area contributed by atoms with Crippen molar-refractivity contribution in [2.75, 3.05) is 13.7 Å². The summed E-state index contributed by atoms with van der Waals surface area (Å²) in [5.41, 5.74) is 5.25. The van der Waals surface area contributed by atoms with Crippen molar-refractivity contribution in [3.05, 3.63) is 47.3 Å². The van der Waals surface area contributed by atoms with Crippen LogP contribution < -0.4 is 5.73 Å². The van der Waals surface area contributed by atoms with Crippen LogP contribution in [0, 0.1) is 10.1 Å². The second kappa shape index (κ2) is 9.12. The number of aliphatic imine (C=N–C) groups is 1. The fourth-order valence-electron chi connectivity index (χ4n) is 1.42. The van der Waals surface area contributed by atoms with Crippen LogP contribution >= 0.6 is 0 Å². The third kappa shape index (κ3) is 4.92. The molecule has 0 fully saturated rings. The fraction of sp³-hybridized carbons (Fsp3) is 0.417. The van der Waals surface area contributed by atoms with E-state index >= 15 is 0 Å². The third-order valence-corrected chi connectivity index (χ3v) is 2.21. The van der Waals surface area contributed by atoms with Crippen LogP contribution in [0.4, 0.5) is 0 Å². The van der Waals surface area contributed by atoms with Gasteiger partial charge in [-0.3, -0.25) is 15.1 Å². The predicted molar refractivity (Wildman–Crippen MR) is 72.0 cm³/mol. The summed E-state index contributed by atoms with van der Waals surface area (Å²) in [7, 11) is 1.47. The van der Waals surface area contributed by atoms with Crippen LogP contribution in [-0.4, -0.2) is 30.4 Å². The summed E-state index contributed by atoms with van der Waals surface area (Å²) >= 11 is 0. The third-order valence-electron chi connectivity index (χ3n) is 2.21. The summed E-state index contributed by atoms with van der Waals surface area (Å²) in [4.78, 5) is 14.2. The van der Waals surface area contributed by atoms with Gasteiger partial charge in [0.2, 0.25) is 0 Å². The van der Waals surface area contributed by atoms with E-state index in [4.69, 9.17) is 10.5 Å². The van der Waals surface area contributed by atoms with Crippen molar-refractivity contribution in [1.29, 1.82) is 0 Å². The molecule has 0 aliphatic rings. The van der Waals surface area contributed by atoms with Gasteiger partial charge in [0.15, 0.2) is 0 Å². The zero-order valence-corrected chi connectivity index (χ0v) is 10.5. The standard InChI is InChI=1S/C12H19N3O3/c1-4-6-7-11(18-8-5-2)12(14-3)10(9-13)15(16)17/h4-5,9,11H,1-2,6-8,13H2,3H3. The maximum absolute atomic E-state index is 10.9. The molecule has 1 atom stereocenters.